The Labute approximate surface area is 98.3 Å². The van der Waals surface area contributed by atoms with Gasteiger partial charge < -0.3 is 10.2 Å². The minimum absolute atomic E-state index is 0.594. The number of aromatic nitrogens is 1. The zero-order chi connectivity index (χ0) is 11.7. The number of methoxy groups -OCH3 is 1. The number of pyridine rings is 1. The number of hydrogen-bond acceptors (Lipinski definition) is 4. The van der Waals surface area contributed by atoms with Gasteiger partial charge in [0.15, 0.2) is 0 Å². The summed E-state index contributed by atoms with van der Waals surface area (Å²) in [5, 5.41) is 1.37. The Morgan fingerprint density at radius 3 is 2.81 bits per heavy atom. The molecule has 1 heterocycles. The lowest BCUT2D eigenvalue weighted by Crippen LogP contribution is -2.08. The molecule has 2 aromatic rings. The van der Waals surface area contributed by atoms with Crippen molar-refractivity contribution < 1.29 is 4.74 Å². The third kappa shape index (κ3) is 1.66. The van der Waals surface area contributed by atoms with Gasteiger partial charge >= 0.3 is 0 Å². The summed E-state index contributed by atoms with van der Waals surface area (Å²) in [7, 11) is 1.60. The van der Waals surface area contributed by atoms with E-state index in [0.717, 1.165) is 16.8 Å². The van der Waals surface area contributed by atoms with Crippen molar-refractivity contribution in [3.63, 3.8) is 0 Å². The van der Waals surface area contributed by atoms with Crippen molar-refractivity contribution in [2.75, 3.05) is 12.5 Å². The van der Waals surface area contributed by atoms with Crippen LogP contribution in [0, 0.1) is 6.92 Å². The summed E-state index contributed by atoms with van der Waals surface area (Å²) in [6, 6.07) is 5.39. The van der Waals surface area contributed by atoms with E-state index in [1.165, 1.54) is 0 Å². The molecule has 3 N–H and O–H groups in total. The average Bonchev–Trinajstić information content (AvgIpc) is 2.28. The molecule has 5 heteroatoms. The number of nitrogens with one attached hydrogen (secondary N) is 1. The molecular weight excluding hydrogens is 226 g/mol. The highest BCUT2D eigenvalue weighted by molar-refractivity contribution is 6.36. The molecule has 0 bridgehead atoms. The van der Waals surface area contributed by atoms with Crippen molar-refractivity contribution in [3.8, 4) is 5.75 Å². The fourth-order valence-corrected chi connectivity index (χ4v) is 1.94. The molecule has 0 atom stereocenters. The van der Waals surface area contributed by atoms with E-state index in [0.29, 0.717) is 16.3 Å². The van der Waals surface area contributed by atoms with Gasteiger partial charge in [0, 0.05) is 11.1 Å². The van der Waals surface area contributed by atoms with Crippen LogP contribution in [0.2, 0.25) is 5.02 Å². The zero-order valence-electron chi connectivity index (χ0n) is 9.04. The van der Waals surface area contributed by atoms with Crippen LogP contribution in [0.1, 0.15) is 5.69 Å². The SMILES string of the molecule is COc1ccc(Cl)c2c(NN)cc(C)nc12. The number of rotatable bonds is 2. The van der Waals surface area contributed by atoms with Crippen molar-refractivity contribution in [2.24, 2.45) is 5.84 Å². The van der Waals surface area contributed by atoms with E-state index in [4.69, 9.17) is 22.2 Å². The summed E-state index contributed by atoms with van der Waals surface area (Å²) in [6.07, 6.45) is 0. The Morgan fingerprint density at radius 2 is 2.19 bits per heavy atom. The number of nitrogens with two attached hydrogens (primary N) is 1. The Kier molecular flexibility index (Phi) is 2.85. The highest BCUT2D eigenvalue weighted by atomic mass is 35.5. The molecule has 2 rings (SSSR count). The summed E-state index contributed by atoms with van der Waals surface area (Å²) in [6.45, 7) is 1.89. The van der Waals surface area contributed by atoms with Crippen molar-refractivity contribution in [1.29, 1.82) is 0 Å². The topological polar surface area (TPSA) is 60.2 Å². The first-order chi connectivity index (χ1) is 7.67. The number of anilines is 1. The van der Waals surface area contributed by atoms with Gasteiger partial charge in [-0.15, -0.1) is 0 Å². The average molecular weight is 238 g/mol. The lowest BCUT2D eigenvalue weighted by atomic mass is 10.1. The van der Waals surface area contributed by atoms with Crippen LogP contribution < -0.4 is 16.0 Å². The van der Waals surface area contributed by atoms with Gasteiger partial charge in [-0.05, 0) is 25.1 Å². The molecule has 0 aliphatic heterocycles. The molecule has 0 aliphatic rings. The molecule has 0 aliphatic carbocycles. The smallest absolute Gasteiger partial charge is 0.145 e. The minimum Gasteiger partial charge on any atom is -0.494 e. The number of nitrogens with zero attached hydrogens (tertiary/aromatic N) is 1. The van der Waals surface area contributed by atoms with Crippen molar-refractivity contribution in [2.45, 2.75) is 6.92 Å². The van der Waals surface area contributed by atoms with E-state index in [9.17, 15) is 0 Å². The summed E-state index contributed by atoms with van der Waals surface area (Å²) >= 11 is 6.13. The second kappa shape index (κ2) is 4.15. The van der Waals surface area contributed by atoms with Crippen LogP contribution in [0.4, 0.5) is 5.69 Å². The molecule has 0 unspecified atom stereocenters. The van der Waals surface area contributed by atoms with Crippen molar-refractivity contribution in [1.82, 2.24) is 4.98 Å². The quantitative estimate of drug-likeness (QED) is 0.622. The maximum atomic E-state index is 6.13. The summed E-state index contributed by atoms with van der Waals surface area (Å²) < 4.78 is 5.25. The van der Waals surface area contributed by atoms with E-state index in [-0.39, 0.29) is 0 Å². The molecule has 0 saturated heterocycles. The minimum atomic E-state index is 0.594. The first kappa shape index (κ1) is 11.0. The molecule has 0 fully saturated rings. The molecule has 1 aromatic heterocycles. The fraction of sp³-hybridized carbons (Fsp3) is 0.182. The number of fused-ring (bicyclic) bond motifs is 1. The molecule has 84 valence electrons. The van der Waals surface area contributed by atoms with Gasteiger partial charge in [0.1, 0.15) is 11.3 Å². The molecular formula is C11H12ClN3O. The lowest BCUT2D eigenvalue weighted by Gasteiger charge is -2.11. The van der Waals surface area contributed by atoms with Crippen LogP contribution in [-0.2, 0) is 0 Å². The summed E-state index contributed by atoms with van der Waals surface area (Å²) in [4.78, 5) is 4.41. The standard InChI is InChI=1S/C11H12ClN3O/c1-6-5-8(15-13)10-7(12)3-4-9(16-2)11(10)14-6/h3-5H,13H2,1-2H3,(H,14,15). The number of aryl methyl sites for hydroxylation is 1. The maximum absolute atomic E-state index is 6.13. The van der Waals surface area contributed by atoms with E-state index in [1.807, 2.05) is 13.0 Å². The van der Waals surface area contributed by atoms with Crippen LogP contribution in [0.15, 0.2) is 18.2 Å². The zero-order valence-corrected chi connectivity index (χ0v) is 9.80. The van der Waals surface area contributed by atoms with Gasteiger partial charge in [-0.1, -0.05) is 11.6 Å². The van der Waals surface area contributed by atoms with Crippen LogP contribution in [-0.4, -0.2) is 12.1 Å². The van der Waals surface area contributed by atoms with Crippen molar-refractivity contribution >= 4 is 28.2 Å². The molecule has 0 spiro atoms. The van der Waals surface area contributed by atoms with Crippen LogP contribution in [0.25, 0.3) is 10.9 Å². The third-order valence-corrected chi connectivity index (χ3v) is 2.69. The monoisotopic (exact) mass is 237 g/mol. The van der Waals surface area contributed by atoms with Gasteiger partial charge in [-0.25, -0.2) is 4.98 Å². The van der Waals surface area contributed by atoms with Gasteiger partial charge in [-0.2, -0.15) is 0 Å². The maximum Gasteiger partial charge on any atom is 0.145 e. The van der Waals surface area contributed by atoms with E-state index >= 15 is 0 Å². The molecule has 4 nitrogen and oxygen atoms in total. The number of halogens is 1. The van der Waals surface area contributed by atoms with E-state index in [1.54, 1.807) is 19.2 Å². The molecule has 1 aromatic carbocycles. The number of hydrogen-bond donors (Lipinski definition) is 2. The Balaban J connectivity index is 2.91. The molecule has 16 heavy (non-hydrogen) atoms. The Bertz CT molecular complexity index is 542. The van der Waals surface area contributed by atoms with Crippen LogP contribution in [0.3, 0.4) is 0 Å². The summed E-state index contributed by atoms with van der Waals surface area (Å²) in [5.41, 5.74) is 4.92. The lowest BCUT2D eigenvalue weighted by molar-refractivity contribution is 0.419. The first-order valence-corrected chi connectivity index (χ1v) is 5.15. The number of hydrazine groups is 1. The molecule has 0 radical (unpaired) electrons. The second-order valence-corrected chi connectivity index (χ2v) is 3.84. The fourth-order valence-electron chi connectivity index (χ4n) is 1.68. The highest BCUT2D eigenvalue weighted by Gasteiger charge is 2.11. The third-order valence-electron chi connectivity index (χ3n) is 2.38. The Morgan fingerprint density at radius 1 is 1.44 bits per heavy atom. The summed E-state index contributed by atoms with van der Waals surface area (Å²) in [5.74, 6) is 6.15. The van der Waals surface area contributed by atoms with Gasteiger partial charge in [0.25, 0.3) is 0 Å². The van der Waals surface area contributed by atoms with Gasteiger partial charge in [-0.3, -0.25) is 5.84 Å². The normalized spacial score (nSPS) is 10.5. The molecule has 0 saturated carbocycles. The van der Waals surface area contributed by atoms with Gasteiger partial charge in [0.2, 0.25) is 0 Å². The van der Waals surface area contributed by atoms with Gasteiger partial charge in [0.05, 0.1) is 17.8 Å². The largest absolute Gasteiger partial charge is 0.494 e. The van der Waals surface area contributed by atoms with Crippen molar-refractivity contribution in [3.05, 3.63) is 28.9 Å². The highest BCUT2D eigenvalue weighted by Crippen LogP contribution is 2.35. The number of nitrogen functional groups attached to an aromatic ring is 1. The van der Waals surface area contributed by atoms with Crippen LogP contribution >= 0.6 is 11.6 Å². The predicted molar refractivity (Wildman–Crippen MR) is 65.9 cm³/mol. The number of benzene rings is 1. The first-order valence-electron chi connectivity index (χ1n) is 4.78. The van der Waals surface area contributed by atoms with E-state index in [2.05, 4.69) is 10.4 Å². The predicted octanol–water partition coefficient (Wildman–Crippen LogP) is 2.49. The van der Waals surface area contributed by atoms with Crippen LogP contribution in [0.5, 0.6) is 5.75 Å². The molecule has 0 amide bonds. The Hall–Kier alpha value is -1.52. The number of ether oxygens (including phenoxy) is 1. The van der Waals surface area contributed by atoms with E-state index < -0.39 is 0 Å². The second-order valence-electron chi connectivity index (χ2n) is 3.43.